The zero-order valence-corrected chi connectivity index (χ0v) is 6.22. The zero-order valence-electron chi connectivity index (χ0n) is 6.22. The molecule has 0 aromatic carbocycles. The van der Waals surface area contributed by atoms with Crippen LogP contribution in [0.25, 0.3) is 0 Å². The van der Waals surface area contributed by atoms with Crippen LogP contribution in [0.15, 0.2) is 12.3 Å². The molecule has 0 amide bonds. The Labute approximate surface area is 71.0 Å². The third kappa shape index (κ3) is 1.06. The van der Waals surface area contributed by atoms with Crippen LogP contribution in [0.2, 0.25) is 0 Å². The van der Waals surface area contributed by atoms with Gasteiger partial charge in [0.15, 0.2) is 0 Å². The summed E-state index contributed by atoms with van der Waals surface area (Å²) in [5.74, 6) is 0. The van der Waals surface area contributed by atoms with Gasteiger partial charge in [-0.15, -0.1) is 5.12 Å². The lowest BCUT2D eigenvalue weighted by Gasteiger charge is -2.36. The molecular formula is C6H5F4N3. The molecule has 2 N–H and O–H groups in total. The second-order valence-electron chi connectivity index (χ2n) is 2.54. The van der Waals surface area contributed by atoms with E-state index >= 15 is 0 Å². The number of nitrogens with two attached hydrogens (primary N) is 1. The highest BCUT2D eigenvalue weighted by Gasteiger charge is 2.65. The number of hydrogen-bond acceptors (Lipinski definition) is 3. The fourth-order valence-corrected chi connectivity index (χ4v) is 0.892. The van der Waals surface area contributed by atoms with E-state index in [1.807, 2.05) is 0 Å². The van der Waals surface area contributed by atoms with Crippen LogP contribution in [-0.2, 0) is 0 Å². The molecule has 1 heterocycles. The summed E-state index contributed by atoms with van der Waals surface area (Å²) in [5.41, 5.74) is 1.16. The van der Waals surface area contributed by atoms with Crippen molar-refractivity contribution in [2.24, 2.45) is 5.73 Å². The summed E-state index contributed by atoms with van der Waals surface area (Å²) in [7, 11) is 0. The van der Waals surface area contributed by atoms with Crippen molar-refractivity contribution < 1.29 is 17.7 Å². The van der Waals surface area contributed by atoms with E-state index in [2.05, 4.69) is 0 Å². The lowest BCUT2D eigenvalue weighted by molar-refractivity contribution is -0.270. The number of alkyl halides is 3. The van der Waals surface area contributed by atoms with Gasteiger partial charge in [-0.25, -0.2) is 4.39 Å². The molecule has 0 aromatic heterocycles. The lowest BCUT2D eigenvalue weighted by Crippen LogP contribution is -2.62. The largest absolute Gasteiger partial charge is 0.399 e. The molecule has 1 aliphatic rings. The van der Waals surface area contributed by atoms with Gasteiger partial charge >= 0.3 is 6.05 Å². The van der Waals surface area contributed by atoms with E-state index in [-0.39, 0.29) is 0 Å². The zero-order chi connectivity index (χ0) is 10.3. The van der Waals surface area contributed by atoms with Crippen LogP contribution < -0.4 is 5.73 Å². The number of nitriles is 1. The molecule has 3 nitrogen and oxygen atoms in total. The first-order valence-corrected chi connectivity index (χ1v) is 3.23. The molecule has 13 heavy (non-hydrogen) atoms. The van der Waals surface area contributed by atoms with E-state index in [1.54, 1.807) is 0 Å². The standard InChI is InChI=1S/C6H5F4N3/c7-5(3-11)4(12)1-2-13(10)6(5,8)9/h1-2,4H,12H2. The van der Waals surface area contributed by atoms with E-state index in [9.17, 15) is 17.7 Å². The molecule has 0 saturated heterocycles. The number of halogens is 4. The van der Waals surface area contributed by atoms with Crippen LogP contribution in [0.1, 0.15) is 0 Å². The monoisotopic (exact) mass is 195 g/mol. The summed E-state index contributed by atoms with van der Waals surface area (Å²) < 4.78 is 51.0. The van der Waals surface area contributed by atoms with Crippen molar-refractivity contribution in [3.8, 4) is 6.07 Å². The van der Waals surface area contributed by atoms with Gasteiger partial charge in [0.05, 0.1) is 6.04 Å². The fraction of sp³-hybridized carbons (Fsp3) is 0.500. The predicted octanol–water partition coefficient (Wildman–Crippen LogP) is 0.852. The van der Waals surface area contributed by atoms with E-state index < -0.39 is 22.9 Å². The molecule has 0 saturated carbocycles. The normalized spacial score (nSPS) is 37.2. The Balaban J connectivity index is 3.21. The van der Waals surface area contributed by atoms with Gasteiger partial charge in [-0.3, -0.25) is 0 Å². The molecule has 0 fully saturated rings. The molecule has 0 radical (unpaired) electrons. The molecule has 7 heteroatoms. The van der Waals surface area contributed by atoms with E-state index in [4.69, 9.17) is 11.0 Å². The quantitative estimate of drug-likeness (QED) is 0.354. The molecule has 1 rings (SSSR count). The highest BCUT2D eigenvalue weighted by atomic mass is 19.3. The van der Waals surface area contributed by atoms with Gasteiger partial charge in [0.2, 0.25) is 0 Å². The third-order valence-electron chi connectivity index (χ3n) is 1.75. The maximum Gasteiger partial charge on any atom is 0.399 e. The Bertz CT molecular complexity index is 284. The Morgan fingerprint density at radius 1 is 1.46 bits per heavy atom. The van der Waals surface area contributed by atoms with Crippen molar-refractivity contribution in [2.75, 3.05) is 0 Å². The minimum Gasteiger partial charge on any atom is -0.321 e. The summed E-state index contributed by atoms with van der Waals surface area (Å²) in [4.78, 5) is 0. The molecular weight excluding hydrogens is 190 g/mol. The van der Waals surface area contributed by atoms with Gasteiger partial charge in [-0.05, 0) is 6.08 Å². The Kier molecular flexibility index (Phi) is 1.96. The molecule has 2 atom stereocenters. The first-order chi connectivity index (χ1) is 5.86. The third-order valence-corrected chi connectivity index (χ3v) is 1.75. The van der Waals surface area contributed by atoms with Crippen molar-refractivity contribution in [3.63, 3.8) is 0 Å². The molecule has 0 aliphatic carbocycles. The Morgan fingerprint density at radius 2 is 2.00 bits per heavy atom. The van der Waals surface area contributed by atoms with E-state index in [1.165, 1.54) is 0 Å². The molecule has 0 spiro atoms. The topological polar surface area (TPSA) is 53.1 Å². The average Bonchev–Trinajstić information content (AvgIpc) is 2.09. The highest BCUT2D eigenvalue weighted by Crippen LogP contribution is 2.40. The molecule has 72 valence electrons. The van der Waals surface area contributed by atoms with Crippen LogP contribution in [0.4, 0.5) is 17.7 Å². The van der Waals surface area contributed by atoms with E-state index in [0.717, 1.165) is 0 Å². The summed E-state index contributed by atoms with van der Waals surface area (Å²) >= 11 is 0. The van der Waals surface area contributed by atoms with Crippen LogP contribution >= 0.6 is 0 Å². The summed E-state index contributed by atoms with van der Waals surface area (Å²) in [6.45, 7) is 0. The maximum atomic E-state index is 13.2. The van der Waals surface area contributed by atoms with Crippen LogP contribution in [0, 0.1) is 11.3 Å². The average molecular weight is 195 g/mol. The second-order valence-corrected chi connectivity index (χ2v) is 2.54. The van der Waals surface area contributed by atoms with E-state index in [0.29, 0.717) is 18.3 Å². The molecule has 2 unspecified atom stereocenters. The number of hydrogen-bond donors (Lipinski definition) is 1. The first-order valence-electron chi connectivity index (χ1n) is 3.23. The van der Waals surface area contributed by atoms with Gasteiger partial charge < -0.3 is 5.73 Å². The van der Waals surface area contributed by atoms with Crippen LogP contribution in [0.3, 0.4) is 0 Å². The lowest BCUT2D eigenvalue weighted by atomic mass is 9.93. The fourth-order valence-electron chi connectivity index (χ4n) is 0.892. The summed E-state index contributed by atoms with van der Waals surface area (Å²) in [6, 6.07) is -5.73. The molecule has 0 bridgehead atoms. The van der Waals surface area contributed by atoms with Crippen molar-refractivity contribution in [3.05, 3.63) is 12.3 Å². The van der Waals surface area contributed by atoms with Crippen molar-refractivity contribution in [2.45, 2.75) is 17.8 Å². The second kappa shape index (κ2) is 2.60. The highest BCUT2D eigenvalue weighted by molar-refractivity contribution is 5.23. The minimum atomic E-state index is -4.56. The molecule has 1 aliphatic heterocycles. The predicted molar refractivity (Wildman–Crippen MR) is 34.5 cm³/mol. The van der Waals surface area contributed by atoms with Gasteiger partial charge in [0.1, 0.15) is 6.07 Å². The number of rotatable bonds is 0. The van der Waals surface area contributed by atoms with Gasteiger partial charge in [-0.2, -0.15) is 14.0 Å². The van der Waals surface area contributed by atoms with Gasteiger partial charge in [0, 0.05) is 6.20 Å². The van der Waals surface area contributed by atoms with Crippen molar-refractivity contribution >= 4 is 0 Å². The number of nitrogens with zero attached hydrogens (tertiary/aromatic N) is 2. The van der Waals surface area contributed by atoms with Gasteiger partial charge in [-0.1, -0.05) is 4.48 Å². The molecule has 0 aromatic rings. The van der Waals surface area contributed by atoms with Crippen LogP contribution in [-0.4, -0.2) is 22.9 Å². The Hall–Kier alpha value is -1.29. The van der Waals surface area contributed by atoms with Crippen LogP contribution in [0.5, 0.6) is 0 Å². The van der Waals surface area contributed by atoms with Gasteiger partial charge in [0.25, 0.3) is 5.67 Å². The Morgan fingerprint density at radius 3 is 2.38 bits per heavy atom. The van der Waals surface area contributed by atoms with Crippen molar-refractivity contribution in [1.29, 1.82) is 5.26 Å². The maximum absolute atomic E-state index is 13.2. The SMILES string of the molecule is N#CC1(F)C(N)C=CN(F)C1(F)F. The summed E-state index contributed by atoms with van der Waals surface area (Å²) in [6.07, 6.45) is 0.945. The summed E-state index contributed by atoms with van der Waals surface area (Å²) in [5, 5.41) is 6.99. The smallest absolute Gasteiger partial charge is 0.321 e. The first kappa shape index (κ1) is 9.80. The van der Waals surface area contributed by atoms with Crippen molar-refractivity contribution in [1.82, 2.24) is 5.12 Å². The minimum absolute atomic E-state index is 0.292.